The zero-order valence-corrected chi connectivity index (χ0v) is 13.6. The van der Waals surface area contributed by atoms with E-state index in [4.69, 9.17) is 14.2 Å². The zero-order chi connectivity index (χ0) is 15.2. The van der Waals surface area contributed by atoms with Crippen LogP contribution in [0.2, 0.25) is 0 Å². The lowest BCUT2D eigenvalue weighted by Crippen LogP contribution is -2.53. The Labute approximate surface area is 127 Å². The van der Waals surface area contributed by atoms with Crippen molar-refractivity contribution >= 4 is 0 Å². The van der Waals surface area contributed by atoms with Gasteiger partial charge in [-0.2, -0.15) is 0 Å². The molecule has 0 aromatic heterocycles. The second kappa shape index (κ2) is 5.18. The number of nitrogens with zero attached hydrogens (tertiary/aromatic N) is 1. The molecule has 21 heavy (non-hydrogen) atoms. The van der Waals surface area contributed by atoms with E-state index in [1.165, 1.54) is 17.5 Å². The van der Waals surface area contributed by atoms with Crippen molar-refractivity contribution in [3.05, 3.63) is 23.3 Å². The summed E-state index contributed by atoms with van der Waals surface area (Å²) in [6.07, 6.45) is 3.40. The number of methoxy groups -OCH3 is 2. The zero-order valence-electron chi connectivity index (χ0n) is 13.6. The number of hydrogen-bond acceptors (Lipinski definition) is 4. The van der Waals surface area contributed by atoms with Crippen molar-refractivity contribution in [3.8, 4) is 11.5 Å². The summed E-state index contributed by atoms with van der Waals surface area (Å²) in [4.78, 5) is 2.29. The molecule has 0 radical (unpaired) electrons. The van der Waals surface area contributed by atoms with E-state index < -0.39 is 0 Å². The lowest BCUT2D eigenvalue weighted by molar-refractivity contribution is -0.161. The molecule has 0 N–H and O–H groups in total. The molecule has 0 amide bonds. The molecule has 1 saturated heterocycles. The molecule has 2 bridgehead atoms. The quantitative estimate of drug-likeness (QED) is 0.856. The maximum absolute atomic E-state index is 6.45. The summed E-state index contributed by atoms with van der Waals surface area (Å²) in [5.74, 6) is 1.59. The van der Waals surface area contributed by atoms with Crippen LogP contribution in [0.1, 0.15) is 30.9 Å². The smallest absolute Gasteiger partial charge is 0.161 e. The average Bonchev–Trinajstić information content (AvgIpc) is 2.45. The predicted molar refractivity (Wildman–Crippen MR) is 82.2 cm³/mol. The molecule has 3 atom stereocenters. The number of ether oxygens (including phenoxy) is 3. The molecule has 4 nitrogen and oxygen atoms in total. The van der Waals surface area contributed by atoms with E-state index in [9.17, 15) is 0 Å². The van der Waals surface area contributed by atoms with Crippen LogP contribution >= 0.6 is 0 Å². The Balaban J connectivity index is 2.05. The molecule has 1 fully saturated rings. The van der Waals surface area contributed by atoms with E-state index in [1.54, 1.807) is 14.2 Å². The first-order valence-corrected chi connectivity index (χ1v) is 7.58. The summed E-state index contributed by atoms with van der Waals surface area (Å²) in [6, 6.07) is 4.71. The summed E-state index contributed by atoms with van der Waals surface area (Å²) in [5, 5.41) is 0. The highest BCUT2D eigenvalue weighted by Gasteiger charge is 2.45. The minimum absolute atomic E-state index is 0.204. The highest BCUT2D eigenvalue weighted by atomic mass is 16.5. The molecule has 1 aromatic rings. The normalized spacial score (nSPS) is 31.0. The van der Waals surface area contributed by atoms with Gasteiger partial charge in [-0.3, -0.25) is 0 Å². The van der Waals surface area contributed by atoms with Gasteiger partial charge in [-0.05, 0) is 57.1 Å². The van der Waals surface area contributed by atoms with E-state index in [0.29, 0.717) is 6.04 Å². The number of hydrogen-bond donors (Lipinski definition) is 0. The van der Waals surface area contributed by atoms with Crippen LogP contribution in [-0.2, 0) is 16.8 Å². The average molecular weight is 291 g/mol. The van der Waals surface area contributed by atoms with E-state index in [-0.39, 0.29) is 11.7 Å². The van der Waals surface area contributed by atoms with E-state index >= 15 is 0 Å². The fraction of sp³-hybridized carbons (Fsp3) is 0.647. The van der Waals surface area contributed by atoms with E-state index in [2.05, 4.69) is 38.1 Å². The molecular formula is C17H25NO3. The topological polar surface area (TPSA) is 30.9 Å². The van der Waals surface area contributed by atoms with Crippen LogP contribution < -0.4 is 9.47 Å². The number of rotatable bonds is 3. The number of likely N-dealkylation sites (N-methyl/N-ethyl adjacent to an activating group) is 1. The first-order chi connectivity index (χ1) is 9.98. The third kappa shape index (κ3) is 2.30. The first kappa shape index (κ1) is 14.7. The van der Waals surface area contributed by atoms with Gasteiger partial charge in [-0.1, -0.05) is 0 Å². The lowest BCUT2D eigenvalue weighted by atomic mass is 9.76. The maximum Gasteiger partial charge on any atom is 0.161 e. The second-order valence-electron chi connectivity index (χ2n) is 6.53. The number of benzene rings is 1. The summed E-state index contributed by atoms with van der Waals surface area (Å²) in [6.45, 7) is 2.20. The minimum Gasteiger partial charge on any atom is -0.493 e. The maximum atomic E-state index is 6.45. The highest BCUT2D eigenvalue weighted by molar-refractivity contribution is 5.50. The summed E-state index contributed by atoms with van der Waals surface area (Å²) >= 11 is 0. The Morgan fingerprint density at radius 1 is 1.19 bits per heavy atom. The van der Waals surface area contributed by atoms with E-state index in [0.717, 1.165) is 24.3 Å². The van der Waals surface area contributed by atoms with Crippen molar-refractivity contribution < 1.29 is 14.2 Å². The molecule has 2 heterocycles. The molecule has 0 aliphatic carbocycles. The van der Waals surface area contributed by atoms with Crippen molar-refractivity contribution in [2.45, 2.75) is 43.9 Å². The third-order valence-corrected chi connectivity index (χ3v) is 5.02. The van der Waals surface area contributed by atoms with Crippen LogP contribution in [-0.4, -0.2) is 45.4 Å². The summed E-state index contributed by atoms with van der Waals surface area (Å²) < 4.78 is 17.4. The molecule has 2 aliphatic heterocycles. The van der Waals surface area contributed by atoms with Crippen LogP contribution in [0.25, 0.3) is 0 Å². The van der Waals surface area contributed by atoms with Crippen LogP contribution in [0.5, 0.6) is 11.5 Å². The van der Waals surface area contributed by atoms with Crippen LogP contribution in [0.3, 0.4) is 0 Å². The van der Waals surface area contributed by atoms with Gasteiger partial charge in [-0.15, -0.1) is 0 Å². The predicted octanol–water partition coefficient (Wildman–Crippen LogP) is 2.58. The Bertz CT molecular complexity index is 543. The number of fused-ring (bicyclic) bond motifs is 4. The van der Waals surface area contributed by atoms with Crippen LogP contribution in [0.15, 0.2) is 12.1 Å². The molecule has 1 aromatic carbocycles. The van der Waals surface area contributed by atoms with Gasteiger partial charge in [0, 0.05) is 12.5 Å². The Morgan fingerprint density at radius 3 is 2.48 bits per heavy atom. The lowest BCUT2D eigenvalue weighted by Gasteiger charge is -2.49. The van der Waals surface area contributed by atoms with Gasteiger partial charge in [0.15, 0.2) is 11.5 Å². The largest absolute Gasteiger partial charge is 0.493 e. The van der Waals surface area contributed by atoms with Gasteiger partial charge in [0.05, 0.1) is 25.9 Å². The molecule has 3 rings (SSSR count). The van der Waals surface area contributed by atoms with Crippen molar-refractivity contribution in [2.75, 3.05) is 28.3 Å². The van der Waals surface area contributed by atoms with Gasteiger partial charge in [0.25, 0.3) is 0 Å². The van der Waals surface area contributed by atoms with Gasteiger partial charge in [-0.25, -0.2) is 0 Å². The van der Waals surface area contributed by atoms with Gasteiger partial charge >= 0.3 is 0 Å². The van der Waals surface area contributed by atoms with Crippen molar-refractivity contribution in [2.24, 2.45) is 0 Å². The van der Waals surface area contributed by atoms with Crippen molar-refractivity contribution in [1.82, 2.24) is 4.90 Å². The fourth-order valence-corrected chi connectivity index (χ4v) is 3.85. The van der Waals surface area contributed by atoms with Gasteiger partial charge in [0.1, 0.15) is 0 Å². The minimum atomic E-state index is -0.204. The standard InChI is InChI=1S/C17H25NO3/c1-17-7-6-13(18(2)3)14(21-17)8-11-9-15(19-4)16(20-5)10-12(11)17/h9-10,13-14H,6-8H2,1-5H3/t13-,14-,17-/m0/s1. The van der Waals surface area contributed by atoms with Gasteiger partial charge < -0.3 is 19.1 Å². The molecule has 2 aliphatic rings. The molecule has 4 heteroatoms. The van der Waals surface area contributed by atoms with E-state index in [1.807, 2.05) is 0 Å². The third-order valence-electron chi connectivity index (χ3n) is 5.02. The first-order valence-electron chi connectivity index (χ1n) is 7.58. The molecule has 0 saturated carbocycles. The summed E-state index contributed by atoms with van der Waals surface area (Å²) in [7, 11) is 7.65. The van der Waals surface area contributed by atoms with Crippen molar-refractivity contribution in [3.63, 3.8) is 0 Å². The monoisotopic (exact) mass is 291 g/mol. The summed E-state index contributed by atoms with van der Waals surface area (Å²) in [5.41, 5.74) is 2.39. The molecular weight excluding hydrogens is 266 g/mol. The second-order valence-corrected chi connectivity index (χ2v) is 6.53. The van der Waals surface area contributed by atoms with Gasteiger partial charge in [0.2, 0.25) is 0 Å². The highest BCUT2D eigenvalue weighted by Crippen LogP contribution is 2.47. The fourth-order valence-electron chi connectivity index (χ4n) is 3.85. The van der Waals surface area contributed by atoms with Crippen LogP contribution in [0, 0.1) is 0 Å². The molecule has 116 valence electrons. The Kier molecular flexibility index (Phi) is 3.62. The molecule has 0 spiro atoms. The van der Waals surface area contributed by atoms with Crippen molar-refractivity contribution in [1.29, 1.82) is 0 Å². The molecule has 0 unspecified atom stereocenters. The Hall–Kier alpha value is -1.26. The van der Waals surface area contributed by atoms with Crippen LogP contribution in [0.4, 0.5) is 0 Å². The Morgan fingerprint density at radius 2 is 1.86 bits per heavy atom. The SMILES string of the molecule is COc1cc2c(cc1OC)[C@]1(C)CC[C@H](N(C)C)[C@H](C2)O1.